The van der Waals surface area contributed by atoms with Gasteiger partial charge in [-0.2, -0.15) is 0 Å². The van der Waals surface area contributed by atoms with Crippen LogP contribution < -0.4 is 5.32 Å². The summed E-state index contributed by atoms with van der Waals surface area (Å²) in [4.78, 5) is 15.4. The quantitative estimate of drug-likeness (QED) is 0.590. The fraction of sp³-hybridized carbons (Fsp3) is 0.375. The fourth-order valence-corrected chi connectivity index (χ4v) is 4.32. The van der Waals surface area contributed by atoms with Gasteiger partial charge in [-0.05, 0) is 69.1 Å². The summed E-state index contributed by atoms with van der Waals surface area (Å²) >= 11 is 6.08. The van der Waals surface area contributed by atoms with Crippen LogP contribution >= 0.6 is 11.6 Å². The number of nitrogens with zero attached hydrogens (tertiary/aromatic N) is 1. The Labute approximate surface area is 176 Å². The number of amides is 1. The number of piperidine rings is 1. The van der Waals surface area contributed by atoms with Gasteiger partial charge in [-0.3, -0.25) is 9.69 Å². The predicted molar refractivity (Wildman–Crippen MR) is 118 cm³/mol. The third-order valence-electron chi connectivity index (χ3n) is 5.84. The van der Waals surface area contributed by atoms with Crippen LogP contribution in [-0.2, 0) is 0 Å². The first-order valence-corrected chi connectivity index (χ1v) is 10.7. The number of likely N-dealkylation sites (tertiary alicyclic amines) is 1. The topological polar surface area (TPSA) is 45.5 Å². The van der Waals surface area contributed by atoms with Crippen LogP contribution in [0.3, 0.4) is 0 Å². The Balaban J connectivity index is 1.54. The van der Waals surface area contributed by atoms with Gasteiger partial charge in [0.1, 0.15) is 5.58 Å². The molecule has 0 radical (unpaired) electrons. The van der Waals surface area contributed by atoms with Crippen molar-refractivity contribution in [3.05, 3.63) is 69.9 Å². The van der Waals surface area contributed by atoms with Crippen molar-refractivity contribution in [1.29, 1.82) is 0 Å². The molecule has 1 amide bonds. The molecule has 5 heteroatoms. The van der Waals surface area contributed by atoms with E-state index in [0.29, 0.717) is 12.3 Å². The van der Waals surface area contributed by atoms with Crippen molar-refractivity contribution in [1.82, 2.24) is 10.2 Å². The number of fused-ring (bicyclic) bond motifs is 1. The third-order valence-corrected chi connectivity index (χ3v) is 6.09. The summed E-state index contributed by atoms with van der Waals surface area (Å²) < 4.78 is 5.90. The molecule has 29 heavy (non-hydrogen) atoms. The third kappa shape index (κ3) is 4.34. The lowest BCUT2D eigenvalue weighted by Gasteiger charge is -2.35. The molecule has 3 aromatic rings. The molecule has 0 spiro atoms. The summed E-state index contributed by atoms with van der Waals surface area (Å²) in [6.07, 6.45) is 3.66. The van der Waals surface area contributed by atoms with Crippen molar-refractivity contribution in [2.24, 2.45) is 0 Å². The first-order chi connectivity index (χ1) is 14.0. The molecular formula is C24H27ClN2O2. The van der Waals surface area contributed by atoms with Gasteiger partial charge >= 0.3 is 0 Å². The molecule has 4 rings (SSSR count). The molecule has 1 aliphatic rings. The van der Waals surface area contributed by atoms with Crippen LogP contribution in [0, 0.1) is 13.8 Å². The van der Waals surface area contributed by atoms with E-state index in [4.69, 9.17) is 16.0 Å². The van der Waals surface area contributed by atoms with Crippen LogP contribution in [0.25, 0.3) is 11.0 Å². The molecule has 2 heterocycles. The average Bonchev–Trinajstić information content (AvgIpc) is 3.06. The van der Waals surface area contributed by atoms with E-state index in [9.17, 15) is 4.79 Å². The second kappa shape index (κ2) is 8.60. The van der Waals surface area contributed by atoms with Gasteiger partial charge < -0.3 is 9.73 Å². The maximum atomic E-state index is 12.9. The summed E-state index contributed by atoms with van der Waals surface area (Å²) in [6.45, 7) is 6.60. The molecule has 0 aliphatic carbocycles. The van der Waals surface area contributed by atoms with Crippen molar-refractivity contribution in [2.75, 3.05) is 19.6 Å². The van der Waals surface area contributed by atoms with Crippen molar-refractivity contribution in [3.8, 4) is 0 Å². The van der Waals surface area contributed by atoms with Crippen molar-refractivity contribution in [2.45, 2.75) is 39.2 Å². The minimum Gasteiger partial charge on any atom is -0.451 e. The van der Waals surface area contributed by atoms with Gasteiger partial charge in [0.25, 0.3) is 5.91 Å². The lowest BCUT2D eigenvalue weighted by atomic mass is 10.0. The fourth-order valence-electron chi connectivity index (χ4n) is 4.19. The summed E-state index contributed by atoms with van der Waals surface area (Å²) in [7, 11) is 0. The first-order valence-electron chi connectivity index (χ1n) is 10.3. The summed E-state index contributed by atoms with van der Waals surface area (Å²) in [5.41, 5.74) is 3.94. The van der Waals surface area contributed by atoms with Gasteiger partial charge in [0.05, 0.1) is 6.04 Å². The largest absolute Gasteiger partial charge is 0.451 e. The standard InChI is InChI=1S/C24H27ClN2O2/c1-16-6-11-20-17(2)23(29-22(20)14-16)24(28)26-15-21(27-12-4-3-5-13-27)18-7-9-19(25)10-8-18/h6-11,14,21H,3-5,12-13,15H2,1-2H3,(H,26,28)/t21-/m0/s1. The number of carbonyl (C=O) groups excluding carboxylic acids is 1. The Kier molecular flexibility index (Phi) is 5.93. The van der Waals surface area contributed by atoms with E-state index in [-0.39, 0.29) is 11.9 Å². The Morgan fingerprint density at radius 1 is 1.10 bits per heavy atom. The van der Waals surface area contributed by atoms with Gasteiger partial charge in [0.15, 0.2) is 5.76 Å². The highest BCUT2D eigenvalue weighted by atomic mass is 35.5. The van der Waals surface area contributed by atoms with Gasteiger partial charge in [0, 0.05) is 22.5 Å². The predicted octanol–water partition coefficient (Wildman–Crippen LogP) is 5.66. The molecule has 1 aliphatic heterocycles. The number of rotatable bonds is 5. The lowest BCUT2D eigenvalue weighted by Crippen LogP contribution is -2.40. The van der Waals surface area contributed by atoms with Crippen molar-refractivity contribution < 1.29 is 9.21 Å². The number of benzene rings is 2. The van der Waals surface area contributed by atoms with Crippen LogP contribution in [0.4, 0.5) is 0 Å². The Morgan fingerprint density at radius 3 is 2.55 bits per heavy atom. The summed E-state index contributed by atoms with van der Waals surface area (Å²) in [6, 6.07) is 14.1. The molecule has 1 aromatic heterocycles. The molecule has 1 saturated heterocycles. The van der Waals surface area contributed by atoms with Crippen LogP contribution in [0.5, 0.6) is 0 Å². The van der Waals surface area contributed by atoms with Crippen LogP contribution in [0.15, 0.2) is 46.9 Å². The Bertz CT molecular complexity index is 1000. The molecule has 2 aromatic carbocycles. The van der Waals surface area contributed by atoms with E-state index in [2.05, 4.69) is 22.3 Å². The average molecular weight is 411 g/mol. The van der Waals surface area contributed by atoms with E-state index < -0.39 is 0 Å². The maximum absolute atomic E-state index is 12.9. The zero-order valence-electron chi connectivity index (χ0n) is 17.0. The minimum absolute atomic E-state index is 0.128. The zero-order valence-corrected chi connectivity index (χ0v) is 17.8. The number of nitrogens with one attached hydrogen (secondary N) is 1. The lowest BCUT2D eigenvalue weighted by molar-refractivity contribution is 0.0898. The van der Waals surface area contributed by atoms with E-state index >= 15 is 0 Å². The molecule has 1 atom stereocenters. The molecule has 0 bridgehead atoms. The number of carbonyl (C=O) groups is 1. The van der Waals surface area contributed by atoms with Gasteiger partial charge in [-0.25, -0.2) is 0 Å². The first kappa shape index (κ1) is 20.0. The number of hydrogen-bond donors (Lipinski definition) is 1. The number of hydrogen-bond acceptors (Lipinski definition) is 3. The number of aryl methyl sites for hydroxylation is 2. The molecular weight excluding hydrogens is 384 g/mol. The molecule has 1 N–H and O–H groups in total. The van der Waals surface area contributed by atoms with Crippen LogP contribution in [-0.4, -0.2) is 30.4 Å². The number of halogens is 1. The minimum atomic E-state index is -0.160. The van der Waals surface area contributed by atoms with Crippen molar-refractivity contribution in [3.63, 3.8) is 0 Å². The molecule has 0 saturated carbocycles. The molecule has 4 nitrogen and oxygen atoms in total. The van der Waals surface area contributed by atoms with Gasteiger partial charge in [-0.1, -0.05) is 42.3 Å². The van der Waals surface area contributed by atoms with E-state index in [1.807, 2.05) is 44.2 Å². The SMILES string of the molecule is Cc1ccc2c(C)c(C(=O)NC[C@@H](c3ccc(Cl)cc3)N3CCCCC3)oc2c1. The molecule has 1 fully saturated rings. The molecule has 152 valence electrons. The van der Waals surface area contributed by atoms with Crippen LogP contribution in [0.1, 0.15) is 52.5 Å². The second-order valence-corrected chi connectivity index (χ2v) is 8.37. The zero-order chi connectivity index (χ0) is 20.4. The molecule has 0 unspecified atom stereocenters. The highest BCUT2D eigenvalue weighted by Crippen LogP contribution is 2.28. The van der Waals surface area contributed by atoms with E-state index in [1.165, 1.54) is 24.8 Å². The highest BCUT2D eigenvalue weighted by molar-refractivity contribution is 6.30. The Morgan fingerprint density at radius 2 is 1.83 bits per heavy atom. The number of furan rings is 1. The van der Waals surface area contributed by atoms with Crippen LogP contribution in [0.2, 0.25) is 5.02 Å². The Hall–Kier alpha value is -2.30. The second-order valence-electron chi connectivity index (χ2n) is 7.93. The monoisotopic (exact) mass is 410 g/mol. The van der Waals surface area contributed by atoms with Gasteiger partial charge in [-0.15, -0.1) is 0 Å². The van der Waals surface area contributed by atoms with Crippen molar-refractivity contribution >= 4 is 28.5 Å². The van der Waals surface area contributed by atoms with Gasteiger partial charge in [0.2, 0.25) is 0 Å². The highest BCUT2D eigenvalue weighted by Gasteiger charge is 2.24. The van der Waals surface area contributed by atoms with E-state index in [0.717, 1.165) is 40.2 Å². The normalized spacial score (nSPS) is 16.1. The summed E-state index contributed by atoms with van der Waals surface area (Å²) in [5.74, 6) is 0.242. The summed E-state index contributed by atoms with van der Waals surface area (Å²) in [5, 5.41) is 4.84. The smallest absolute Gasteiger partial charge is 0.287 e. The van der Waals surface area contributed by atoms with E-state index in [1.54, 1.807) is 0 Å². The maximum Gasteiger partial charge on any atom is 0.287 e.